The van der Waals surface area contributed by atoms with E-state index >= 15 is 0 Å². The van der Waals surface area contributed by atoms with Gasteiger partial charge in [-0.2, -0.15) is 0 Å². The summed E-state index contributed by atoms with van der Waals surface area (Å²) in [5.41, 5.74) is 12.4. The van der Waals surface area contributed by atoms with E-state index in [4.69, 9.17) is 35.2 Å². The minimum Gasteiger partial charge on any atom is -0.445 e. The lowest BCUT2D eigenvalue weighted by atomic mass is 9.86. The van der Waals surface area contributed by atoms with E-state index in [1.54, 1.807) is 62.4 Å². The predicted molar refractivity (Wildman–Crippen MR) is 391 cm³/mol. The Morgan fingerprint density at radius 2 is 1.35 bits per heavy atom. The number of ether oxygens (including phenoxy) is 5. The van der Waals surface area contributed by atoms with Crippen LogP contribution in [0.5, 0.6) is 0 Å². The number of anilines is 1. The molecule has 0 radical (unpaired) electrons. The number of rotatable bonds is 49. The number of likely N-dealkylation sites (tertiary alicyclic amines) is 1. The lowest BCUT2D eigenvalue weighted by Crippen LogP contribution is -2.53. The number of aliphatic hydroxyl groups excluding tert-OH is 1. The van der Waals surface area contributed by atoms with E-state index in [2.05, 4.69) is 49.0 Å². The first-order valence-corrected chi connectivity index (χ1v) is 36.5. The summed E-state index contributed by atoms with van der Waals surface area (Å²) in [6.07, 6.45) is 3.56. The van der Waals surface area contributed by atoms with E-state index in [1.165, 1.54) is 6.92 Å². The van der Waals surface area contributed by atoms with Crippen molar-refractivity contribution in [3.63, 3.8) is 0 Å². The number of benzene rings is 2. The second kappa shape index (κ2) is 49.4. The number of nitrogens with zero attached hydrogens (tertiary/aromatic N) is 3. The second-order valence-corrected chi connectivity index (χ2v) is 28.1. The molecule has 102 heavy (non-hydrogen) atoms. The van der Waals surface area contributed by atoms with Crippen LogP contribution in [-0.2, 0) is 73.4 Å². The van der Waals surface area contributed by atoms with E-state index in [0.29, 0.717) is 55.8 Å². The van der Waals surface area contributed by atoms with Crippen LogP contribution in [0.15, 0.2) is 54.6 Å². The number of ketones is 4. The molecule has 26 heteroatoms. The Bertz CT molecular complexity index is 2880. The molecule has 576 valence electrons. The maximum absolute atomic E-state index is 13.9. The highest BCUT2D eigenvalue weighted by Crippen LogP contribution is 2.32. The summed E-state index contributed by atoms with van der Waals surface area (Å²) in [5.74, 6) is -2.64. The average Bonchev–Trinajstić information content (AvgIpc) is 1.38. The number of hydrogen-bond acceptors (Lipinski definition) is 18. The average molecular weight is 1440 g/mol. The summed E-state index contributed by atoms with van der Waals surface area (Å²) >= 11 is 0. The number of carbonyl (C=O) groups excluding carboxylic acids is 11. The van der Waals surface area contributed by atoms with Gasteiger partial charge in [-0.05, 0) is 105 Å². The standard InChI is InChI=1S/C40H67N7O10.C36H58N2O7/c1-27(2)29(5)47(6)36(51)26-56-22-21-55-20-19-44-40(54)57-25-30-14-16-32(17-15-30)45-38(52)31(11-10-18-43-39(42)53)23-34(49)37(28(3)4)46-35(50)13-9-7-8-12-33(48)24-41;1-10-24(4)34(37(7)36(43)29(23(2)3)20-26(6)39)32(45-9)22-33(41)38-18-14-17-30(38)31(44-8)21-28(40)19-25(5)35(42)27-15-12-11-13-16-27/h14-17,27-29,31,37H,7-13,18-26,41H2,1-6H3,(H,44,54)(H,45,52)(H,46,50)(H3,42,43,53);11-13,15-16,23-25,29-32,34-35,42H,10,14,17-22H2,1-9H3/t29?,31-,37+;24-,25-,29-,30-,31+,32+,34-,35+/m10/s1. The van der Waals surface area contributed by atoms with Gasteiger partial charge >= 0.3 is 12.1 Å². The molecule has 3 rings (SSSR count). The van der Waals surface area contributed by atoms with E-state index < -0.39 is 54.2 Å². The monoisotopic (exact) mass is 1440 g/mol. The number of hydrogen-bond donors (Lipinski definition) is 7. The van der Waals surface area contributed by atoms with Crippen LogP contribution in [0.1, 0.15) is 190 Å². The number of alkyl carbamates (subject to hydrolysis) is 1. The first-order chi connectivity index (χ1) is 48.3. The first kappa shape index (κ1) is 90.9. The van der Waals surface area contributed by atoms with Crippen LogP contribution in [0, 0.1) is 41.4 Å². The smallest absolute Gasteiger partial charge is 0.407 e. The molecule has 0 spiro atoms. The van der Waals surface area contributed by atoms with Crippen molar-refractivity contribution in [3.05, 3.63) is 65.7 Å². The van der Waals surface area contributed by atoms with Crippen LogP contribution in [-0.4, -0.2) is 202 Å². The number of aliphatic hydroxyl groups is 1. The number of unbranched alkanes of at least 4 members (excludes halogenated alkanes) is 2. The largest absolute Gasteiger partial charge is 0.445 e. The van der Waals surface area contributed by atoms with Gasteiger partial charge in [-0.15, -0.1) is 0 Å². The zero-order valence-corrected chi connectivity index (χ0v) is 63.7. The van der Waals surface area contributed by atoms with E-state index in [-0.39, 0.29) is 186 Å². The fourth-order valence-corrected chi connectivity index (χ4v) is 12.3. The Kier molecular flexibility index (Phi) is 44.0. The molecule has 0 saturated carbocycles. The van der Waals surface area contributed by atoms with Crippen LogP contribution in [0.2, 0.25) is 0 Å². The Morgan fingerprint density at radius 1 is 0.696 bits per heavy atom. The lowest BCUT2D eigenvalue weighted by molar-refractivity contribution is -0.148. The zero-order chi connectivity index (χ0) is 76.6. The van der Waals surface area contributed by atoms with Crippen molar-refractivity contribution < 1.29 is 81.5 Å². The Labute approximate surface area is 606 Å². The van der Waals surface area contributed by atoms with Gasteiger partial charge in [-0.3, -0.25) is 38.4 Å². The number of Topliss-reactive ketones (excluding diaryl/α,β-unsaturated/α-hetero) is 4. The van der Waals surface area contributed by atoms with Gasteiger partial charge < -0.3 is 81.0 Å². The Hall–Kier alpha value is -7.23. The van der Waals surface area contributed by atoms with Crippen molar-refractivity contribution in [3.8, 4) is 0 Å². The third kappa shape index (κ3) is 33.9. The molecule has 2 aromatic rings. The maximum atomic E-state index is 13.9. The van der Waals surface area contributed by atoms with E-state index in [1.807, 2.05) is 76.8 Å². The number of amides is 8. The fraction of sp³-hybridized carbons (Fsp3) is 0.697. The number of carbonyl (C=O) groups is 11. The number of urea groups is 1. The van der Waals surface area contributed by atoms with Crippen molar-refractivity contribution >= 4 is 70.5 Å². The quantitative estimate of drug-likeness (QED) is 0.0306. The van der Waals surface area contributed by atoms with Crippen molar-refractivity contribution in [2.24, 2.45) is 52.9 Å². The SMILES string of the molecule is CC(C)C(C)N(C)C(=O)COCCOCCNC(=O)OCc1ccc(NC(=O)[C@H](CCCNC(N)=O)CC(=O)[C@@H](NC(=O)CCCCCC(=O)CN)C(C)C)cc1.CC[C@H](C)[C@@H]([C@@H](CC(=O)N1CCC[C@H]1[C@@H](CC(=O)C[C@H](C)[C@@H](O)c1ccccc1)OC)OC)N(C)C(=O)[C@@H](CC(C)=O)C(C)C. The van der Waals surface area contributed by atoms with Crippen molar-refractivity contribution in [2.75, 3.05) is 86.2 Å². The molecule has 1 unspecified atom stereocenters. The van der Waals surface area contributed by atoms with Crippen molar-refractivity contribution in [1.82, 2.24) is 30.7 Å². The Balaban J connectivity index is 0.000000712. The third-order valence-corrected chi connectivity index (χ3v) is 19.2. The Morgan fingerprint density at radius 3 is 1.94 bits per heavy atom. The van der Waals surface area contributed by atoms with Crippen LogP contribution < -0.4 is 32.7 Å². The molecule has 1 fully saturated rings. The lowest BCUT2D eigenvalue weighted by Gasteiger charge is -2.40. The molecule has 0 aliphatic carbocycles. The molecule has 1 heterocycles. The summed E-state index contributed by atoms with van der Waals surface area (Å²) in [6, 6.07) is 14.0. The van der Waals surface area contributed by atoms with Gasteiger partial charge in [0.1, 0.15) is 30.6 Å². The summed E-state index contributed by atoms with van der Waals surface area (Å²) in [7, 11) is 6.66. The van der Waals surface area contributed by atoms with Gasteiger partial charge in [-0.25, -0.2) is 9.59 Å². The number of methoxy groups -OCH3 is 2. The summed E-state index contributed by atoms with van der Waals surface area (Å²) in [4.78, 5) is 144. The molecule has 0 bridgehead atoms. The number of primary amides is 1. The highest BCUT2D eigenvalue weighted by Gasteiger charge is 2.41. The second-order valence-electron chi connectivity index (χ2n) is 28.1. The maximum Gasteiger partial charge on any atom is 0.407 e. The minimum atomic E-state index is -0.798. The normalized spacial score (nSPS) is 15.8. The minimum absolute atomic E-state index is 0.00340. The molecule has 26 nitrogen and oxygen atoms in total. The van der Waals surface area contributed by atoms with Gasteiger partial charge in [0.15, 0.2) is 5.78 Å². The summed E-state index contributed by atoms with van der Waals surface area (Å²) in [5, 5.41) is 21.5. The van der Waals surface area contributed by atoms with Crippen LogP contribution >= 0.6 is 0 Å². The van der Waals surface area contributed by atoms with Gasteiger partial charge in [0, 0.05) is 110 Å². The van der Waals surface area contributed by atoms with Crippen LogP contribution in [0.4, 0.5) is 15.3 Å². The number of nitrogens with one attached hydrogen (secondary N) is 4. The number of nitrogens with two attached hydrogens (primary N) is 2. The molecule has 11 atom stereocenters. The fourth-order valence-electron chi connectivity index (χ4n) is 12.3. The van der Waals surface area contributed by atoms with Crippen LogP contribution in [0.25, 0.3) is 0 Å². The van der Waals surface area contributed by atoms with E-state index in [0.717, 1.165) is 24.8 Å². The molecular weight excluding hydrogens is 1310 g/mol. The molecule has 9 N–H and O–H groups in total. The van der Waals surface area contributed by atoms with Crippen molar-refractivity contribution in [1.29, 1.82) is 0 Å². The topological polar surface area (TPSA) is 364 Å². The highest BCUT2D eigenvalue weighted by molar-refractivity contribution is 5.97. The summed E-state index contributed by atoms with van der Waals surface area (Å²) < 4.78 is 27.8. The molecule has 2 aromatic carbocycles. The summed E-state index contributed by atoms with van der Waals surface area (Å²) in [6.45, 7) is 22.8. The van der Waals surface area contributed by atoms with Crippen LogP contribution in [0.3, 0.4) is 0 Å². The van der Waals surface area contributed by atoms with Gasteiger partial charge in [-0.1, -0.05) is 118 Å². The predicted octanol–water partition coefficient (Wildman–Crippen LogP) is 8.27. The molecule has 1 aliphatic rings. The van der Waals surface area contributed by atoms with Gasteiger partial charge in [0.25, 0.3) is 0 Å². The first-order valence-electron chi connectivity index (χ1n) is 36.5. The third-order valence-electron chi connectivity index (χ3n) is 19.2. The van der Waals surface area contributed by atoms with Crippen molar-refractivity contribution in [2.45, 2.75) is 222 Å². The van der Waals surface area contributed by atoms with E-state index in [9.17, 15) is 57.8 Å². The molecule has 1 saturated heterocycles. The zero-order valence-electron chi connectivity index (χ0n) is 63.7. The number of likely N-dealkylation sites (N-methyl/N-ethyl adjacent to an activating group) is 2. The molecule has 1 aliphatic heterocycles. The van der Waals surface area contributed by atoms with Gasteiger partial charge in [0.2, 0.25) is 29.5 Å². The van der Waals surface area contributed by atoms with Gasteiger partial charge in [0.05, 0.1) is 69.2 Å². The molecular formula is C76H125N9O17. The highest BCUT2D eigenvalue weighted by atomic mass is 16.6. The molecule has 0 aromatic heterocycles. The molecule has 8 amide bonds.